The standard InChI is InChI=1S/C21H34N2O2/c1-7-9-18(10-8-2)23(5)20-12-16(17-13-22(4)14-17)11-19(15(20)3)21(24)25-6/h11-12,17-18H,7-10,13-14H2,1-6H3. The molecule has 0 amide bonds. The molecule has 0 saturated carbocycles. The van der Waals surface area contributed by atoms with Crippen LogP contribution in [0.15, 0.2) is 12.1 Å². The van der Waals surface area contributed by atoms with E-state index in [4.69, 9.17) is 4.74 Å². The zero-order valence-electron chi connectivity index (χ0n) is 16.8. The summed E-state index contributed by atoms with van der Waals surface area (Å²) in [6.07, 6.45) is 4.69. The Bertz CT molecular complexity index is 588. The van der Waals surface area contributed by atoms with Gasteiger partial charge in [0.2, 0.25) is 0 Å². The third-order valence-electron chi connectivity index (χ3n) is 5.51. The number of methoxy groups -OCH3 is 1. The van der Waals surface area contributed by atoms with Crippen molar-refractivity contribution in [2.75, 3.05) is 39.2 Å². The molecule has 0 aromatic heterocycles. The summed E-state index contributed by atoms with van der Waals surface area (Å²) >= 11 is 0. The van der Waals surface area contributed by atoms with Crippen molar-refractivity contribution >= 4 is 11.7 Å². The zero-order chi connectivity index (χ0) is 18.6. The summed E-state index contributed by atoms with van der Waals surface area (Å²) in [5, 5.41) is 0. The SMILES string of the molecule is CCCC(CCC)N(C)c1cc(C2CN(C)C2)cc(C(=O)OC)c1C. The van der Waals surface area contributed by atoms with Crippen molar-refractivity contribution in [2.45, 2.75) is 58.4 Å². The van der Waals surface area contributed by atoms with E-state index < -0.39 is 0 Å². The van der Waals surface area contributed by atoms with Crippen molar-refractivity contribution in [3.63, 3.8) is 0 Å². The second-order valence-electron chi connectivity index (χ2n) is 7.46. The van der Waals surface area contributed by atoms with Gasteiger partial charge in [-0.25, -0.2) is 4.79 Å². The highest BCUT2D eigenvalue weighted by atomic mass is 16.5. The van der Waals surface area contributed by atoms with Gasteiger partial charge in [-0.3, -0.25) is 0 Å². The number of nitrogens with zero attached hydrogens (tertiary/aromatic N) is 2. The number of rotatable bonds is 8. The maximum absolute atomic E-state index is 12.3. The summed E-state index contributed by atoms with van der Waals surface area (Å²) in [5.41, 5.74) is 4.18. The Hall–Kier alpha value is -1.55. The van der Waals surface area contributed by atoms with Crippen LogP contribution in [0.4, 0.5) is 5.69 Å². The lowest BCUT2D eigenvalue weighted by atomic mass is 9.88. The predicted octanol–water partition coefficient (Wildman–Crippen LogP) is 4.22. The molecular weight excluding hydrogens is 312 g/mol. The fourth-order valence-electron chi connectivity index (χ4n) is 3.95. The number of carbonyl (C=O) groups excluding carboxylic acids is 1. The van der Waals surface area contributed by atoms with Gasteiger partial charge in [-0.15, -0.1) is 0 Å². The van der Waals surface area contributed by atoms with Gasteiger partial charge >= 0.3 is 5.97 Å². The molecule has 0 unspecified atom stereocenters. The second-order valence-corrected chi connectivity index (χ2v) is 7.46. The number of hydrogen-bond acceptors (Lipinski definition) is 4. The number of likely N-dealkylation sites (N-methyl/N-ethyl adjacent to an activating group) is 1. The van der Waals surface area contributed by atoms with E-state index in [9.17, 15) is 4.79 Å². The molecule has 25 heavy (non-hydrogen) atoms. The second kappa shape index (κ2) is 8.70. The van der Waals surface area contributed by atoms with Crippen LogP contribution in [-0.4, -0.2) is 51.2 Å². The molecule has 4 nitrogen and oxygen atoms in total. The molecule has 1 aromatic rings. The van der Waals surface area contributed by atoms with Crippen LogP contribution in [0.1, 0.15) is 66.9 Å². The molecule has 1 heterocycles. The first-order chi connectivity index (χ1) is 11.9. The molecule has 0 N–H and O–H groups in total. The number of hydrogen-bond donors (Lipinski definition) is 0. The van der Waals surface area contributed by atoms with Crippen LogP contribution < -0.4 is 4.90 Å². The van der Waals surface area contributed by atoms with Gasteiger partial charge in [0.05, 0.1) is 12.7 Å². The molecule has 4 heteroatoms. The minimum absolute atomic E-state index is 0.232. The van der Waals surface area contributed by atoms with Gasteiger partial charge in [0, 0.05) is 37.8 Å². The Labute approximate surface area is 153 Å². The van der Waals surface area contributed by atoms with E-state index in [1.54, 1.807) is 0 Å². The van der Waals surface area contributed by atoms with Crippen LogP contribution in [0.5, 0.6) is 0 Å². The lowest BCUT2D eigenvalue weighted by molar-refractivity contribution is 0.0599. The topological polar surface area (TPSA) is 32.8 Å². The maximum Gasteiger partial charge on any atom is 0.338 e. The highest BCUT2D eigenvalue weighted by Crippen LogP contribution is 2.34. The summed E-state index contributed by atoms with van der Waals surface area (Å²) in [4.78, 5) is 17.0. The number of anilines is 1. The van der Waals surface area contributed by atoms with Crippen molar-refractivity contribution in [3.8, 4) is 0 Å². The third kappa shape index (κ3) is 4.35. The van der Waals surface area contributed by atoms with Crippen molar-refractivity contribution in [3.05, 3.63) is 28.8 Å². The number of esters is 1. The van der Waals surface area contributed by atoms with Crippen LogP contribution in [0.3, 0.4) is 0 Å². The van der Waals surface area contributed by atoms with E-state index in [1.165, 1.54) is 44.0 Å². The van der Waals surface area contributed by atoms with Gasteiger partial charge in [-0.2, -0.15) is 0 Å². The Morgan fingerprint density at radius 2 is 1.88 bits per heavy atom. The molecule has 140 valence electrons. The molecule has 1 saturated heterocycles. The van der Waals surface area contributed by atoms with Crippen molar-refractivity contribution < 1.29 is 9.53 Å². The first kappa shape index (κ1) is 19.8. The normalized spacial score (nSPS) is 15.3. The third-order valence-corrected chi connectivity index (χ3v) is 5.51. The van der Waals surface area contributed by atoms with E-state index >= 15 is 0 Å². The molecule has 2 rings (SSSR count). The van der Waals surface area contributed by atoms with Crippen LogP contribution in [-0.2, 0) is 4.74 Å². The Balaban J connectivity index is 2.43. The largest absolute Gasteiger partial charge is 0.465 e. The van der Waals surface area contributed by atoms with Gasteiger partial charge in [0.15, 0.2) is 0 Å². The van der Waals surface area contributed by atoms with E-state index in [2.05, 4.69) is 43.8 Å². The molecule has 0 radical (unpaired) electrons. The maximum atomic E-state index is 12.3. The molecule has 1 aliphatic heterocycles. The number of carbonyl (C=O) groups is 1. The Kier molecular flexibility index (Phi) is 6.88. The molecule has 0 aliphatic carbocycles. The lowest BCUT2D eigenvalue weighted by Crippen LogP contribution is -2.42. The van der Waals surface area contributed by atoms with Crippen LogP contribution in [0, 0.1) is 6.92 Å². The number of benzene rings is 1. The van der Waals surface area contributed by atoms with E-state index in [0.29, 0.717) is 17.5 Å². The summed E-state index contributed by atoms with van der Waals surface area (Å²) < 4.78 is 5.05. The number of ether oxygens (including phenoxy) is 1. The average Bonchev–Trinajstić information content (AvgIpc) is 2.58. The van der Waals surface area contributed by atoms with Gasteiger partial charge in [0.25, 0.3) is 0 Å². The monoisotopic (exact) mass is 346 g/mol. The molecule has 1 aromatic carbocycles. The highest BCUT2D eigenvalue weighted by molar-refractivity contribution is 5.93. The molecular formula is C21H34N2O2. The first-order valence-electron chi connectivity index (χ1n) is 9.57. The molecule has 0 atom stereocenters. The van der Waals surface area contributed by atoms with Gasteiger partial charge in [-0.1, -0.05) is 26.7 Å². The highest BCUT2D eigenvalue weighted by Gasteiger charge is 2.28. The fraction of sp³-hybridized carbons (Fsp3) is 0.667. The molecule has 1 fully saturated rings. The van der Waals surface area contributed by atoms with Crippen molar-refractivity contribution in [1.82, 2.24) is 4.90 Å². The van der Waals surface area contributed by atoms with E-state index in [0.717, 1.165) is 18.7 Å². The van der Waals surface area contributed by atoms with Crippen molar-refractivity contribution in [2.24, 2.45) is 0 Å². The average molecular weight is 347 g/mol. The minimum Gasteiger partial charge on any atom is -0.465 e. The number of likely N-dealkylation sites (tertiary alicyclic amines) is 1. The Morgan fingerprint density at radius 1 is 1.28 bits per heavy atom. The first-order valence-corrected chi connectivity index (χ1v) is 9.57. The van der Waals surface area contributed by atoms with Crippen LogP contribution >= 0.6 is 0 Å². The lowest BCUT2D eigenvalue weighted by Gasteiger charge is -2.38. The molecule has 1 aliphatic rings. The molecule has 0 bridgehead atoms. The van der Waals surface area contributed by atoms with E-state index in [-0.39, 0.29) is 5.97 Å². The summed E-state index contributed by atoms with van der Waals surface area (Å²) in [5.74, 6) is 0.279. The van der Waals surface area contributed by atoms with E-state index in [1.807, 2.05) is 13.0 Å². The minimum atomic E-state index is -0.232. The van der Waals surface area contributed by atoms with Crippen molar-refractivity contribution in [1.29, 1.82) is 0 Å². The molecule has 0 spiro atoms. The smallest absolute Gasteiger partial charge is 0.338 e. The summed E-state index contributed by atoms with van der Waals surface area (Å²) in [6.45, 7) is 8.64. The van der Waals surface area contributed by atoms with Gasteiger partial charge in [-0.05, 0) is 50.1 Å². The zero-order valence-corrected chi connectivity index (χ0v) is 16.8. The quantitative estimate of drug-likeness (QED) is 0.660. The van der Waals surface area contributed by atoms with Crippen LogP contribution in [0.25, 0.3) is 0 Å². The fourth-order valence-corrected chi connectivity index (χ4v) is 3.95. The summed E-state index contributed by atoms with van der Waals surface area (Å²) in [7, 11) is 5.78. The van der Waals surface area contributed by atoms with Gasteiger partial charge < -0.3 is 14.5 Å². The van der Waals surface area contributed by atoms with Crippen LogP contribution in [0.2, 0.25) is 0 Å². The summed E-state index contributed by atoms with van der Waals surface area (Å²) in [6, 6.07) is 4.86. The van der Waals surface area contributed by atoms with Gasteiger partial charge in [0.1, 0.15) is 0 Å². The Morgan fingerprint density at radius 3 is 2.36 bits per heavy atom. The predicted molar refractivity (Wildman–Crippen MR) is 105 cm³/mol.